The lowest BCUT2D eigenvalue weighted by Gasteiger charge is -2.46. The maximum atomic E-state index is 14.2. The Bertz CT molecular complexity index is 2970. The maximum Gasteiger partial charge on any atom is 0.416 e. The molecular formula is C50H25BF24N2O. The van der Waals surface area contributed by atoms with E-state index in [-0.39, 0.29) is 12.3 Å². The van der Waals surface area contributed by atoms with Gasteiger partial charge >= 0.3 is 49.4 Å². The van der Waals surface area contributed by atoms with Crippen molar-refractivity contribution in [3.8, 4) is 6.07 Å². The average molecular weight is 1140 g/mol. The predicted octanol–water partition coefficient (Wildman–Crippen LogP) is 14.1. The van der Waals surface area contributed by atoms with Crippen molar-refractivity contribution in [3.63, 3.8) is 0 Å². The fourth-order valence-electron chi connectivity index (χ4n) is 8.41. The third kappa shape index (κ3) is 13.2. The quantitative estimate of drug-likeness (QED) is 0.0691. The zero-order valence-electron chi connectivity index (χ0n) is 37.9. The molecule has 0 fully saturated rings. The molecule has 6 aromatic carbocycles. The predicted molar refractivity (Wildman–Crippen MR) is 230 cm³/mol. The van der Waals surface area contributed by atoms with Crippen LogP contribution in [-0.2, 0) is 56.0 Å². The molecule has 0 saturated heterocycles. The molecule has 0 atom stereocenters. The number of fused-ring (bicyclic) bond motifs is 1. The smallest absolute Gasteiger partial charge is 0.287 e. The first-order valence-corrected chi connectivity index (χ1v) is 21.3. The number of carbonyl (C=O) groups is 1. The van der Waals surface area contributed by atoms with Crippen molar-refractivity contribution in [1.82, 2.24) is 0 Å². The zero-order valence-corrected chi connectivity index (χ0v) is 37.9. The van der Waals surface area contributed by atoms with Gasteiger partial charge in [-0.1, -0.05) is 60.7 Å². The van der Waals surface area contributed by atoms with Crippen molar-refractivity contribution >= 4 is 44.7 Å². The van der Waals surface area contributed by atoms with Crippen molar-refractivity contribution in [1.29, 1.82) is 5.26 Å². The molecule has 0 bridgehead atoms. The second kappa shape index (κ2) is 20.6. The molecule has 7 rings (SSSR count). The number of nitrogens with zero attached hydrogens (tertiary/aromatic N) is 2. The second-order valence-electron chi connectivity index (χ2n) is 17.0. The van der Waals surface area contributed by atoms with Crippen molar-refractivity contribution in [2.75, 3.05) is 0 Å². The van der Waals surface area contributed by atoms with Crippen molar-refractivity contribution in [2.24, 2.45) is 0 Å². The number of pyridine rings is 1. The van der Waals surface area contributed by atoms with Gasteiger partial charge in [-0.05, 0) is 60.7 Å². The van der Waals surface area contributed by atoms with Crippen molar-refractivity contribution < 1.29 is 115 Å². The number of para-hydroxylation sites is 1. The molecule has 0 aliphatic heterocycles. The standard InChI is InChI=1S/C32H12BF24.C18H13N2O/c34-25(35,36)13-1-14(26(37,38)39)6-21(5-13)33(22-7-15(27(40,41)42)2-16(8-22)28(43,44)45,23-9-17(29(46,47)48)3-18(10-23)30(49,50)51)24-11-19(31(52,53)54)4-20(12-24)32(55,56)57;19-12-14-7-9-16(10-8-14)18(21)13-20-11-3-5-15-4-1-2-6-17(15)20/h1-12H;1-11H,13H2/q-1;+1. The normalized spacial score (nSPS) is 13.2. The summed E-state index contributed by atoms with van der Waals surface area (Å²) in [6.45, 7) is 0.285. The summed E-state index contributed by atoms with van der Waals surface area (Å²) in [5, 5.41) is 9.89. The van der Waals surface area contributed by atoms with Crippen LogP contribution in [0.4, 0.5) is 105 Å². The van der Waals surface area contributed by atoms with Gasteiger partial charge in [0.05, 0.1) is 56.1 Å². The lowest BCUT2D eigenvalue weighted by atomic mass is 9.12. The van der Waals surface area contributed by atoms with Crippen LogP contribution in [0.15, 0.2) is 140 Å². The van der Waals surface area contributed by atoms with Gasteiger partial charge in [0.15, 0.2) is 6.20 Å². The summed E-state index contributed by atoms with van der Waals surface area (Å²) in [4.78, 5) is 12.4. The van der Waals surface area contributed by atoms with Gasteiger partial charge in [0.1, 0.15) is 6.15 Å². The highest BCUT2D eigenvalue weighted by atomic mass is 19.4. The number of carbonyl (C=O) groups excluding carboxylic acids is 1. The summed E-state index contributed by atoms with van der Waals surface area (Å²) in [6.07, 6.45) is -52.9. The molecule has 0 N–H and O–H groups in total. The summed E-state index contributed by atoms with van der Waals surface area (Å²) in [6, 6.07) is 11.9. The van der Waals surface area contributed by atoms with Crippen LogP contribution in [-0.4, -0.2) is 11.9 Å². The molecule has 0 unspecified atom stereocenters. The van der Waals surface area contributed by atoms with Crippen LogP contribution in [0.5, 0.6) is 0 Å². The molecule has 1 heterocycles. The zero-order chi connectivity index (χ0) is 58.6. The van der Waals surface area contributed by atoms with Gasteiger partial charge in [-0.25, -0.2) is 0 Å². The van der Waals surface area contributed by atoms with Gasteiger partial charge in [0, 0.05) is 23.1 Å². The summed E-state index contributed by atoms with van der Waals surface area (Å²) in [7, 11) is 0. The minimum Gasteiger partial charge on any atom is -0.287 e. The minimum absolute atomic E-state index is 0.0286. The number of hydrogen-bond donors (Lipinski definition) is 0. The molecular weight excluding hydrogens is 1110 g/mol. The Hall–Kier alpha value is -7.73. The minimum atomic E-state index is -6.13. The molecule has 28 heteroatoms. The third-order valence-corrected chi connectivity index (χ3v) is 11.9. The van der Waals surface area contributed by atoms with E-state index in [9.17, 15) is 110 Å². The fraction of sp³-hybridized carbons (Fsp3) is 0.180. The number of nitriles is 1. The van der Waals surface area contributed by atoms with Crippen LogP contribution in [0.25, 0.3) is 10.9 Å². The molecule has 0 saturated carbocycles. The maximum absolute atomic E-state index is 14.2. The average Bonchev–Trinajstić information content (AvgIpc) is 3.36. The Labute approximate surface area is 421 Å². The lowest BCUT2D eigenvalue weighted by Crippen LogP contribution is -2.75. The van der Waals surface area contributed by atoms with Gasteiger partial charge in [-0.2, -0.15) is 137 Å². The molecule has 0 spiro atoms. The summed E-state index contributed by atoms with van der Waals surface area (Å²) < 4.78 is 343. The van der Waals surface area contributed by atoms with Gasteiger partial charge in [0.25, 0.3) is 0 Å². The molecule has 7 aromatic rings. The van der Waals surface area contributed by atoms with Crippen LogP contribution in [0.2, 0.25) is 0 Å². The lowest BCUT2D eigenvalue weighted by molar-refractivity contribution is -0.657. The van der Waals surface area contributed by atoms with Crippen LogP contribution in [0.3, 0.4) is 0 Å². The van der Waals surface area contributed by atoms with Gasteiger partial charge in [-0.3, -0.25) is 4.79 Å². The van der Waals surface area contributed by atoms with Crippen LogP contribution in [0, 0.1) is 11.3 Å². The number of benzene rings is 6. The van der Waals surface area contributed by atoms with Crippen LogP contribution < -0.4 is 26.4 Å². The van der Waals surface area contributed by atoms with Gasteiger partial charge in [-0.15, -0.1) is 0 Å². The van der Waals surface area contributed by atoms with Gasteiger partial charge < -0.3 is 0 Å². The van der Waals surface area contributed by atoms with E-state index in [1.54, 1.807) is 24.3 Å². The van der Waals surface area contributed by atoms with Gasteiger partial charge in [0.2, 0.25) is 17.8 Å². The fourth-order valence-corrected chi connectivity index (χ4v) is 8.41. The van der Waals surface area contributed by atoms with Crippen molar-refractivity contribution in [3.05, 3.63) is 195 Å². The number of rotatable bonds is 7. The van der Waals surface area contributed by atoms with Crippen molar-refractivity contribution in [2.45, 2.75) is 56.0 Å². The number of alkyl halides is 24. The van der Waals surface area contributed by atoms with E-state index in [2.05, 4.69) is 6.07 Å². The van der Waals surface area contributed by atoms with Crippen LogP contribution >= 0.6 is 0 Å². The van der Waals surface area contributed by atoms with E-state index in [1.165, 1.54) is 0 Å². The molecule has 0 radical (unpaired) electrons. The van der Waals surface area contributed by atoms with E-state index < -0.39 is 195 Å². The summed E-state index contributed by atoms with van der Waals surface area (Å²) >= 11 is 0. The monoisotopic (exact) mass is 1140 g/mol. The molecule has 3 nitrogen and oxygen atoms in total. The van der Waals surface area contributed by atoms with E-state index in [4.69, 9.17) is 5.26 Å². The third-order valence-electron chi connectivity index (χ3n) is 11.9. The Morgan fingerprint density at radius 2 is 0.654 bits per heavy atom. The largest absolute Gasteiger partial charge is 0.416 e. The highest BCUT2D eigenvalue weighted by Gasteiger charge is 2.47. The first kappa shape index (κ1) is 59.5. The van der Waals surface area contributed by atoms with Crippen LogP contribution in [0.1, 0.15) is 60.4 Å². The first-order valence-electron chi connectivity index (χ1n) is 21.3. The number of aromatic nitrogens is 1. The topological polar surface area (TPSA) is 44.7 Å². The number of Topliss-reactive ketones (excluding diaryl/α,β-unsaturated/α-hetero) is 1. The second-order valence-corrected chi connectivity index (χ2v) is 17.0. The highest BCUT2D eigenvalue weighted by Crippen LogP contribution is 2.41. The molecule has 0 aliphatic carbocycles. The molecule has 0 amide bonds. The Kier molecular flexibility index (Phi) is 15.7. The summed E-state index contributed by atoms with van der Waals surface area (Å²) in [5.74, 6) is 0.0286. The number of hydrogen-bond acceptors (Lipinski definition) is 2. The Balaban J connectivity index is 0.000000387. The molecule has 0 aliphatic rings. The van der Waals surface area contributed by atoms with E-state index in [0.29, 0.717) is 11.1 Å². The SMILES string of the molecule is FC(F)(F)c1cc([B-](c2cc(C(F)(F)F)cc(C(F)(F)F)c2)(c2cc(C(F)(F)F)cc(C(F)(F)F)c2)c2cc(C(F)(F)F)cc(C(F)(F)F)c2)cc(C(F)(F)F)c1.N#Cc1ccc(C(=O)C[n+]2cccc3ccccc32)cc1. The molecule has 78 heavy (non-hydrogen) atoms. The summed E-state index contributed by atoms with van der Waals surface area (Å²) in [5.41, 5.74) is -28.0. The van der Waals surface area contributed by atoms with E-state index in [0.717, 1.165) is 10.9 Å². The van der Waals surface area contributed by atoms with E-state index in [1.807, 2.05) is 47.2 Å². The Morgan fingerprint density at radius 3 is 0.923 bits per heavy atom. The highest BCUT2D eigenvalue weighted by molar-refractivity contribution is 7.20. The van der Waals surface area contributed by atoms with E-state index >= 15 is 0 Å². The molecule has 1 aromatic heterocycles. The Morgan fingerprint density at radius 1 is 0.385 bits per heavy atom. The number of ketones is 1. The number of halogens is 24. The molecule has 412 valence electrons. The first-order chi connectivity index (χ1) is 35.5.